The number of allylic oxidation sites excluding steroid dienone is 5. The summed E-state index contributed by atoms with van der Waals surface area (Å²) in [5, 5.41) is 0. The number of rotatable bonds is 5. The summed E-state index contributed by atoms with van der Waals surface area (Å²) in [5.74, 6) is 0.528. The standard InChI is InChI=1S/C12H21N/c1-5-7-12(6-2)9-8-10(3)11(4)13/h5-7,9-11H,2,8,13H2,1,3-4H3/b7-5-,12-9+/t10?,11-/m1/s1. The zero-order valence-electron chi connectivity index (χ0n) is 8.96. The summed E-state index contributed by atoms with van der Waals surface area (Å²) < 4.78 is 0. The van der Waals surface area contributed by atoms with Crippen molar-refractivity contribution in [2.45, 2.75) is 33.2 Å². The van der Waals surface area contributed by atoms with E-state index in [1.807, 2.05) is 26.0 Å². The molecular formula is C12H21N. The summed E-state index contributed by atoms with van der Waals surface area (Å²) in [6.45, 7) is 9.97. The Labute approximate surface area is 82.0 Å². The first kappa shape index (κ1) is 12.2. The predicted molar refractivity (Wildman–Crippen MR) is 60.5 cm³/mol. The van der Waals surface area contributed by atoms with Crippen LogP contribution in [0.3, 0.4) is 0 Å². The van der Waals surface area contributed by atoms with Crippen LogP contribution in [0.2, 0.25) is 0 Å². The van der Waals surface area contributed by atoms with Gasteiger partial charge in [0.05, 0.1) is 0 Å². The summed E-state index contributed by atoms with van der Waals surface area (Å²) in [6, 6.07) is 0.257. The highest BCUT2D eigenvalue weighted by molar-refractivity contribution is 5.28. The lowest BCUT2D eigenvalue weighted by Gasteiger charge is -2.12. The highest BCUT2D eigenvalue weighted by atomic mass is 14.6. The minimum Gasteiger partial charge on any atom is -0.328 e. The molecule has 0 aromatic rings. The number of hydrogen-bond donors (Lipinski definition) is 1. The van der Waals surface area contributed by atoms with Crippen molar-refractivity contribution in [3.63, 3.8) is 0 Å². The zero-order chi connectivity index (χ0) is 10.3. The molecule has 13 heavy (non-hydrogen) atoms. The van der Waals surface area contributed by atoms with Gasteiger partial charge in [-0.15, -0.1) is 0 Å². The van der Waals surface area contributed by atoms with Crippen LogP contribution in [0.1, 0.15) is 27.2 Å². The molecule has 0 heterocycles. The topological polar surface area (TPSA) is 26.0 Å². The van der Waals surface area contributed by atoms with Crippen LogP contribution in [0.25, 0.3) is 0 Å². The van der Waals surface area contributed by atoms with Crippen molar-refractivity contribution < 1.29 is 0 Å². The number of nitrogens with two attached hydrogens (primary N) is 1. The van der Waals surface area contributed by atoms with Gasteiger partial charge in [-0.05, 0) is 31.8 Å². The van der Waals surface area contributed by atoms with Gasteiger partial charge in [-0.25, -0.2) is 0 Å². The molecule has 0 aromatic carbocycles. The van der Waals surface area contributed by atoms with Gasteiger partial charge in [0.2, 0.25) is 0 Å². The maximum absolute atomic E-state index is 5.76. The van der Waals surface area contributed by atoms with Crippen LogP contribution in [0.4, 0.5) is 0 Å². The second-order valence-corrected chi connectivity index (χ2v) is 3.48. The molecule has 0 saturated carbocycles. The monoisotopic (exact) mass is 179 g/mol. The molecule has 0 rings (SSSR count). The van der Waals surface area contributed by atoms with E-state index in [4.69, 9.17) is 5.73 Å². The highest BCUT2D eigenvalue weighted by Crippen LogP contribution is 2.10. The maximum Gasteiger partial charge on any atom is 0.00390 e. The van der Waals surface area contributed by atoms with Crippen molar-refractivity contribution in [2.75, 3.05) is 0 Å². The van der Waals surface area contributed by atoms with E-state index in [0.29, 0.717) is 5.92 Å². The van der Waals surface area contributed by atoms with Crippen molar-refractivity contribution in [1.29, 1.82) is 0 Å². The van der Waals surface area contributed by atoms with E-state index in [0.717, 1.165) is 6.42 Å². The molecule has 1 nitrogen and oxygen atoms in total. The Morgan fingerprint density at radius 2 is 2.08 bits per heavy atom. The Morgan fingerprint density at radius 1 is 1.46 bits per heavy atom. The molecular weight excluding hydrogens is 158 g/mol. The van der Waals surface area contributed by atoms with Crippen LogP contribution in [0, 0.1) is 5.92 Å². The summed E-state index contributed by atoms with van der Waals surface area (Å²) in [4.78, 5) is 0. The van der Waals surface area contributed by atoms with E-state index >= 15 is 0 Å². The van der Waals surface area contributed by atoms with E-state index in [1.54, 1.807) is 0 Å². The Morgan fingerprint density at radius 3 is 2.46 bits per heavy atom. The lowest BCUT2D eigenvalue weighted by atomic mass is 9.99. The lowest BCUT2D eigenvalue weighted by molar-refractivity contribution is 0.489. The smallest absolute Gasteiger partial charge is 0.00390 e. The van der Waals surface area contributed by atoms with E-state index in [2.05, 4.69) is 25.7 Å². The van der Waals surface area contributed by atoms with Crippen LogP contribution >= 0.6 is 0 Å². The molecule has 0 fully saturated rings. The van der Waals surface area contributed by atoms with Crippen molar-refractivity contribution in [3.8, 4) is 0 Å². The first-order valence-electron chi connectivity index (χ1n) is 4.82. The Balaban J connectivity index is 4.13. The summed E-state index contributed by atoms with van der Waals surface area (Å²) in [6.07, 6.45) is 9.14. The number of hydrogen-bond acceptors (Lipinski definition) is 1. The fourth-order valence-corrected chi connectivity index (χ4v) is 0.948. The van der Waals surface area contributed by atoms with Crippen molar-refractivity contribution in [1.82, 2.24) is 0 Å². The molecule has 1 unspecified atom stereocenters. The molecule has 0 bridgehead atoms. The minimum absolute atomic E-state index is 0.257. The van der Waals surface area contributed by atoms with Gasteiger partial charge in [0.25, 0.3) is 0 Å². The minimum atomic E-state index is 0.257. The molecule has 0 saturated heterocycles. The van der Waals surface area contributed by atoms with Crippen molar-refractivity contribution in [3.05, 3.63) is 36.5 Å². The van der Waals surface area contributed by atoms with E-state index in [9.17, 15) is 0 Å². The average molecular weight is 179 g/mol. The van der Waals surface area contributed by atoms with E-state index in [1.165, 1.54) is 5.57 Å². The SMILES string of the molecule is C=CC(/C=C\C)=C\CC(C)[C@@H](C)N. The van der Waals surface area contributed by atoms with Gasteiger partial charge in [-0.3, -0.25) is 0 Å². The molecule has 0 aliphatic carbocycles. The third-order valence-electron chi connectivity index (χ3n) is 2.22. The zero-order valence-corrected chi connectivity index (χ0v) is 8.96. The van der Waals surface area contributed by atoms with Crippen molar-refractivity contribution >= 4 is 0 Å². The molecule has 0 aromatic heterocycles. The first-order valence-corrected chi connectivity index (χ1v) is 4.82. The summed E-state index contributed by atoms with van der Waals surface area (Å²) in [5.41, 5.74) is 6.94. The van der Waals surface area contributed by atoms with Crippen molar-refractivity contribution in [2.24, 2.45) is 11.7 Å². The predicted octanol–water partition coefficient (Wildman–Crippen LogP) is 3.05. The molecule has 2 atom stereocenters. The van der Waals surface area contributed by atoms with Gasteiger partial charge in [0.15, 0.2) is 0 Å². The summed E-state index contributed by atoms with van der Waals surface area (Å²) in [7, 11) is 0. The second kappa shape index (κ2) is 6.67. The molecule has 0 aliphatic rings. The largest absolute Gasteiger partial charge is 0.328 e. The fraction of sp³-hybridized carbons (Fsp3) is 0.500. The molecule has 0 amide bonds. The third kappa shape index (κ3) is 5.42. The molecule has 74 valence electrons. The Kier molecular flexibility index (Phi) is 6.25. The van der Waals surface area contributed by atoms with Crippen LogP contribution < -0.4 is 5.73 Å². The van der Waals surface area contributed by atoms with Gasteiger partial charge in [-0.2, -0.15) is 0 Å². The molecule has 1 heteroatoms. The van der Waals surface area contributed by atoms with Gasteiger partial charge in [-0.1, -0.05) is 37.8 Å². The summed E-state index contributed by atoms with van der Waals surface area (Å²) >= 11 is 0. The third-order valence-corrected chi connectivity index (χ3v) is 2.22. The van der Waals surface area contributed by atoms with E-state index < -0.39 is 0 Å². The molecule has 0 radical (unpaired) electrons. The Bertz CT molecular complexity index is 199. The van der Waals surface area contributed by atoms with Gasteiger partial charge in [0.1, 0.15) is 0 Å². The van der Waals surface area contributed by atoms with Gasteiger partial charge in [0, 0.05) is 6.04 Å². The van der Waals surface area contributed by atoms with E-state index in [-0.39, 0.29) is 6.04 Å². The molecule has 0 aliphatic heterocycles. The quantitative estimate of drug-likeness (QED) is 0.645. The van der Waals surface area contributed by atoms with Crippen LogP contribution in [0.5, 0.6) is 0 Å². The Hall–Kier alpha value is -0.820. The average Bonchev–Trinajstić information content (AvgIpc) is 2.11. The first-order chi connectivity index (χ1) is 6.11. The van der Waals surface area contributed by atoms with Crippen LogP contribution in [0.15, 0.2) is 36.5 Å². The van der Waals surface area contributed by atoms with Gasteiger partial charge >= 0.3 is 0 Å². The maximum atomic E-state index is 5.76. The fourth-order valence-electron chi connectivity index (χ4n) is 0.948. The van der Waals surface area contributed by atoms with Gasteiger partial charge < -0.3 is 5.73 Å². The second-order valence-electron chi connectivity index (χ2n) is 3.48. The molecule has 0 spiro atoms. The van der Waals surface area contributed by atoms with Crippen LogP contribution in [-0.2, 0) is 0 Å². The molecule has 2 N–H and O–H groups in total. The lowest BCUT2D eigenvalue weighted by Crippen LogP contribution is -2.23. The highest BCUT2D eigenvalue weighted by Gasteiger charge is 2.04. The van der Waals surface area contributed by atoms with Crippen LogP contribution in [-0.4, -0.2) is 6.04 Å². The normalized spacial score (nSPS) is 17.4.